The number of nitrogens with one attached hydrogen (secondary N) is 1. The highest BCUT2D eigenvalue weighted by Crippen LogP contribution is 2.52. The fourth-order valence-electron chi connectivity index (χ4n) is 3.98. The average molecular weight is 251 g/mol. The number of fused-ring (bicyclic) bond motifs is 1. The van der Waals surface area contributed by atoms with Gasteiger partial charge in [0.1, 0.15) is 0 Å². The quantitative estimate of drug-likeness (QED) is 0.566. The van der Waals surface area contributed by atoms with Gasteiger partial charge >= 0.3 is 0 Å². The molecule has 0 aromatic carbocycles. The summed E-state index contributed by atoms with van der Waals surface area (Å²) in [6.07, 6.45) is 4.24. The van der Waals surface area contributed by atoms with Gasteiger partial charge in [0.05, 0.1) is 6.10 Å². The summed E-state index contributed by atoms with van der Waals surface area (Å²) in [4.78, 5) is 6.85. The van der Waals surface area contributed by atoms with Crippen LogP contribution in [-0.2, 0) is 4.74 Å². The Morgan fingerprint density at radius 2 is 2.06 bits per heavy atom. The highest BCUT2D eigenvalue weighted by Gasteiger charge is 2.59. The fraction of sp³-hybridized carbons (Fsp3) is 0.929. The number of hydrogen-bond acceptors (Lipinski definition) is 2. The van der Waals surface area contributed by atoms with Gasteiger partial charge in [-0.25, -0.2) is 0 Å². The van der Waals surface area contributed by atoms with E-state index in [1.165, 1.54) is 19.3 Å². The number of guanidine groups is 1. The van der Waals surface area contributed by atoms with Crippen LogP contribution in [0.25, 0.3) is 0 Å². The zero-order valence-corrected chi connectivity index (χ0v) is 11.8. The van der Waals surface area contributed by atoms with Gasteiger partial charge < -0.3 is 15.0 Å². The predicted octanol–water partition coefficient (Wildman–Crippen LogP) is 1.47. The number of rotatable bonds is 1. The van der Waals surface area contributed by atoms with E-state index < -0.39 is 0 Å². The maximum absolute atomic E-state index is 5.84. The number of likely N-dealkylation sites (tertiary alicyclic amines) is 1. The molecule has 3 fully saturated rings. The summed E-state index contributed by atoms with van der Waals surface area (Å²) in [6, 6.07) is 0.518. The van der Waals surface area contributed by atoms with E-state index >= 15 is 0 Å². The molecule has 0 radical (unpaired) electrons. The summed E-state index contributed by atoms with van der Waals surface area (Å²) in [5.74, 6) is 1.77. The highest BCUT2D eigenvalue weighted by molar-refractivity contribution is 5.80. The van der Waals surface area contributed by atoms with Crippen LogP contribution in [0.15, 0.2) is 4.99 Å². The Kier molecular flexibility index (Phi) is 3.00. The maximum Gasteiger partial charge on any atom is 0.193 e. The normalized spacial score (nSPS) is 38.5. The largest absolute Gasteiger partial charge is 0.377 e. The molecule has 1 saturated carbocycles. The van der Waals surface area contributed by atoms with Crippen molar-refractivity contribution in [3.8, 4) is 0 Å². The van der Waals surface area contributed by atoms with Crippen molar-refractivity contribution in [1.29, 1.82) is 0 Å². The smallest absolute Gasteiger partial charge is 0.193 e. The van der Waals surface area contributed by atoms with Crippen molar-refractivity contribution in [3.63, 3.8) is 0 Å². The molecule has 0 amide bonds. The minimum absolute atomic E-state index is 0.233. The van der Waals surface area contributed by atoms with Crippen LogP contribution in [0.3, 0.4) is 0 Å². The zero-order valence-electron chi connectivity index (χ0n) is 11.8. The lowest BCUT2D eigenvalue weighted by Gasteiger charge is -2.55. The van der Waals surface area contributed by atoms with Gasteiger partial charge in [-0.15, -0.1) is 0 Å². The highest BCUT2D eigenvalue weighted by atomic mass is 16.5. The summed E-state index contributed by atoms with van der Waals surface area (Å²) in [6.45, 7) is 7.86. The Labute approximate surface area is 110 Å². The Hall–Kier alpha value is -0.770. The van der Waals surface area contributed by atoms with Crippen LogP contribution in [0.2, 0.25) is 0 Å². The molecule has 3 rings (SSSR count). The Bertz CT molecular complexity index is 347. The van der Waals surface area contributed by atoms with Crippen LogP contribution < -0.4 is 5.32 Å². The molecule has 3 unspecified atom stereocenters. The van der Waals surface area contributed by atoms with E-state index in [1.54, 1.807) is 0 Å². The van der Waals surface area contributed by atoms with Gasteiger partial charge in [-0.3, -0.25) is 4.99 Å². The van der Waals surface area contributed by atoms with Gasteiger partial charge in [0.15, 0.2) is 5.96 Å². The molecule has 0 bridgehead atoms. The Morgan fingerprint density at radius 1 is 1.33 bits per heavy atom. The zero-order chi connectivity index (χ0) is 12.8. The summed E-state index contributed by atoms with van der Waals surface area (Å²) < 4.78 is 5.84. The lowest BCUT2D eigenvalue weighted by atomic mass is 9.57. The molecule has 1 N–H and O–H groups in total. The monoisotopic (exact) mass is 251 g/mol. The molecule has 2 aliphatic heterocycles. The third-order valence-electron chi connectivity index (χ3n) is 5.00. The van der Waals surface area contributed by atoms with Crippen LogP contribution >= 0.6 is 0 Å². The van der Waals surface area contributed by atoms with E-state index in [9.17, 15) is 0 Å². The number of hydrogen-bond donors (Lipinski definition) is 1. The van der Waals surface area contributed by atoms with E-state index in [-0.39, 0.29) is 5.41 Å². The molecule has 3 atom stereocenters. The topological polar surface area (TPSA) is 36.9 Å². The van der Waals surface area contributed by atoms with Crippen molar-refractivity contribution in [2.75, 3.05) is 26.7 Å². The molecule has 0 aromatic rings. The van der Waals surface area contributed by atoms with Gasteiger partial charge in [0.25, 0.3) is 0 Å². The molecular formula is C14H25N3O. The predicted molar refractivity (Wildman–Crippen MR) is 72.7 cm³/mol. The lowest BCUT2D eigenvalue weighted by Crippen LogP contribution is -2.68. The third-order valence-corrected chi connectivity index (χ3v) is 5.00. The first kappa shape index (κ1) is 12.3. The maximum atomic E-state index is 5.84. The van der Waals surface area contributed by atoms with E-state index in [0.29, 0.717) is 18.1 Å². The minimum Gasteiger partial charge on any atom is -0.377 e. The lowest BCUT2D eigenvalue weighted by molar-refractivity contribution is -0.107. The summed E-state index contributed by atoms with van der Waals surface area (Å²) in [5.41, 5.74) is 0.233. The van der Waals surface area contributed by atoms with Gasteiger partial charge in [-0.1, -0.05) is 13.8 Å². The molecule has 0 aromatic heterocycles. The molecular weight excluding hydrogens is 226 g/mol. The van der Waals surface area contributed by atoms with Crippen molar-refractivity contribution in [2.24, 2.45) is 16.3 Å². The third kappa shape index (κ3) is 1.73. The second kappa shape index (κ2) is 4.41. The van der Waals surface area contributed by atoms with Crippen LogP contribution in [0.5, 0.6) is 0 Å². The van der Waals surface area contributed by atoms with Crippen molar-refractivity contribution >= 4 is 5.96 Å². The molecule has 102 valence electrons. The number of aliphatic imine (C=N–C) groups is 1. The molecule has 3 aliphatic rings. The van der Waals surface area contributed by atoms with Crippen molar-refractivity contribution in [3.05, 3.63) is 0 Å². The first-order valence-corrected chi connectivity index (χ1v) is 7.24. The fourth-order valence-corrected chi connectivity index (χ4v) is 3.98. The van der Waals surface area contributed by atoms with E-state index in [1.807, 2.05) is 7.05 Å². The van der Waals surface area contributed by atoms with Crippen LogP contribution in [0.1, 0.15) is 33.1 Å². The molecule has 0 spiro atoms. The number of ether oxygens (including phenoxy) is 1. The molecule has 2 heterocycles. The molecule has 4 nitrogen and oxygen atoms in total. The second-order valence-electron chi connectivity index (χ2n) is 6.43. The average Bonchev–Trinajstić information content (AvgIpc) is 2.98. The number of nitrogens with zero attached hydrogens (tertiary/aromatic N) is 2. The van der Waals surface area contributed by atoms with Gasteiger partial charge in [-0.2, -0.15) is 0 Å². The van der Waals surface area contributed by atoms with Crippen LogP contribution in [0.4, 0.5) is 0 Å². The SMILES string of the molecule is CN=C(NC1C2CCOC2C1(C)C)N1CCCC1. The van der Waals surface area contributed by atoms with Gasteiger partial charge in [0.2, 0.25) is 0 Å². The first-order valence-electron chi connectivity index (χ1n) is 7.24. The van der Waals surface area contributed by atoms with Crippen molar-refractivity contribution < 1.29 is 4.74 Å². The van der Waals surface area contributed by atoms with Crippen molar-refractivity contribution in [1.82, 2.24) is 10.2 Å². The summed E-state index contributed by atoms with van der Waals surface area (Å²) >= 11 is 0. The second-order valence-corrected chi connectivity index (χ2v) is 6.43. The standard InChI is InChI=1S/C14H25N3O/c1-14(2)11(10-6-9-18-12(10)14)16-13(15-3)17-7-4-5-8-17/h10-12H,4-9H2,1-3H3,(H,15,16). The van der Waals surface area contributed by atoms with Crippen LogP contribution in [0, 0.1) is 11.3 Å². The summed E-state index contributed by atoms with van der Waals surface area (Å²) in [7, 11) is 1.90. The molecule has 2 saturated heterocycles. The first-order chi connectivity index (χ1) is 8.64. The molecule has 1 aliphatic carbocycles. The van der Waals surface area contributed by atoms with E-state index in [0.717, 1.165) is 25.7 Å². The van der Waals surface area contributed by atoms with Gasteiger partial charge in [-0.05, 0) is 19.3 Å². The van der Waals surface area contributed by atoms with Crippen molar-refractivity contribution in [2.45, 2.75) is 45.3 Å². The minimum atomic E-state index is 0.233. The molecule has 4 heteroatoms. The van der Waals surface area contributed by atoms with Gasteiger partial charge in [0, 0.05) is 44.1 Å². The summed E-state index contributed by atoms with van der Waals surface area (Å²) in [5, 5.41) is 3.70. The van der Waals surface area contributed by atoms with E-state index in [4.69, 9.17) is 4.74 Å². The molecule has 18 heavy (non-hydrogen) atoms. The Morgan fingerprint density at radius 3 is 2.72 bits per heavy atom. The van der Waals surface area contributed by atoms with Crippen LogP contribution in [-0.4, -0.2) is 49.7 Å². The Balaban J connectivity index is 1.68. The van der Waals surface area contributed by atoms with E-state index in [2.05, 4.69) is 29.1 Å².